The van der Waals surface area contributed by atoms with E-state index in [2.05, 4.69) is 56.3 Å². The van der Waals surface area contributed by atoms with Crippen LogP contribution in [0, 0.1) is 0 Å². The van der Waals surface area contributed by atoms with Gasteiger partial charge < -0.3 is 19.7 Å². The summed E-state index contributed by atoms with van der Waals surface area (Å²) in [7, 11) is 0. The normalized spacial score (nSPS) is 11.5. The molecule has 0 unspecified atom stereocenters. The smallest absolute Gasteiger partial charge is 0.191 e. The van der Waals surface area contributed by atoms with Gasteiger partial charge in [0.15, 0.2) is 11.7 Å². The van der Waals surface area contributed by atoms with Crippen LogP contribution in [0.3, 0.4) is 0 Å². The molecule has 2 rings (SSSR count). The first-order chi connectivity index (χ1) is 12.7. The summed E-state index contributed by atoms with van der Waals surface area (Å²) >= 11 is 0. The van der Waals surface area contributed by atoms with E-state index in [9.17, 15) is 0 Å². The van der Waals surface area contributed by atoms with Crippen LogP contribution in [0.1, 0.15) is 63.7 Å². The molecule has 2 heterocycles. The summed E-state index contributed by atoms with van der Waals surface area (Å²) in [6.07, 6.45) is 4.77. The van der Waals surface area contributed by atoms with Crippen LogP contribution in [0.2, 0.25) is 0 Å². The molecule has 2 aromatic heterocycles. The second kappa shape index (κ2) is 12.7. The Morgan fingerprint density at radius 2 is 2.00 bits per heavy atom. The Labute approximate surface area is 178 Å². The number of aliphatic imine (C=N–C) groups is 1. The van der Waals surface area contributed by atoms with Crippen LogP contribution >= 0.6 is 24.0 Å². The molecule has 8 nitrogen and oxygen atoms in total. The predicted molar refractivity (Wildman–Crippen MR) is 117 cm³/mol. The molecule has 2 N–H and O–H groups in total. The molecule has 0 bridgehead atoms. The Balaban J connectivity index is 0.00000364. The van der Waals surface area contributed by atoms with Crippen molar-refractivity contribution in [2.45, 2.75) is 66.0 Å². The second-order valence-electron chi connectivity index (χ2n) is 6.15. The van der Waals surface area contributed by atoms with Crippen LogP contribution in [0.15, 0.2) is 21.9 Å². The summed E-state index contributed by atoms with van der Waals surface area (Å²) in [6, 6.07) is 2.02. The predicted octanol–water partition coefficient (Wildman–Crippen LogP) is 3.11. The van der Waals surface area contributed by atoms with Gasteiger partial charge >= 0.3 is 0 Å². The van der Waals surface area contributed by atoms with Gasteiger partial charge in [-0.2, -0.15) is 0 Å². The van der Waals surface area contributed by atoms with Crippen molar-refractivity contribution in [2.75, 3.05) is 13.1 Å². The maximum absolute atomic E-state index is 5.44. The molecule has 0 saturated carbocycles. The monoisotopic (exact) mass is 489 g/mol. The molecular formula is C18H32IN7O. The van der Waals surface area contributed by atoms with Crippen molar-refractivity contribution in [1.82, 2.24) is 30.6 Å². The van der Waals surface area contributed by atoms with Crippen LogP contribution in [-0.4, -0.2) is 39.0 Å². The van der Waals surface area contributed by atoms with E-state index in [4.69, 9.17) is 4.52 Å². The van der Waals surface area contributed by atoms with Crippen molar-refractivity contribution >= 4 is 29.9 Å². The third-order valence-electron chi connectivity index (χ3n) is 4.38. The van der Waals surface area contributed by atoms with Gasteiger partial charge in [-0.3, -0.25) is 0 Å². The first-order valence-electron chi connectivity index (χ1n) is 9.56. The zero-order valence-electron chi connectivity index (χ0n) is 16.7. The number of nitrogens with one attached hydrogen (secondary N) is 2. The number of hydrogen-bond acceptors (Lipinski definition) is 5. The van der Waals surface area contributed by atoms with Crippen LogP contribution in [0.25, 0.3) is 0 Å². The largest absolute Gasteiger partial charge is 0.359 e. The molecule has 27 heavy (non-hydrogen) atoms. The number of aromatic nitrogens is 4. The van der Waals surface area contributed by atoms with Gasteiger partial charge in [0.2, 0.25) is 0 Å². The Kier molecular flexibility index (Phi) is 11.0. The van der Waals surface area contributed by atoms with E-state index in [1.807, 2.05) is 13.0 Å². The van der Waals surface area contributed by atoms with E-state index in [1.165, 1.54) is 0 Å². The SMILES string of the molecule is CCNC(=NCc1cc(C(CC)CC)no1)NCCn1cnnc1CC.I. The third kappa shape index (κ3) is 7.11. The highest BCUT2D eigenvalue weighted by Gasteiger charge is 2.12. The van der Waals surface area contributed by atoms with Crippen molar-refractivity contribution in [2.24, 2.45) is 4.99 Å². The molecule has 9 heteroatoms. The third-order valence-corrected chi connectivity index (χ3v) is 4.38. The summed E-state index contributed by atoms with van der Waals surface area (Å²) in [5.41, 5.74) is 1.03. The number of rotatable bonds is 10. The number of hydrogen-bond donors (Lipinski definition) is 2. The topological polar surface area (TPSA) is 93.2 Å². The lowest BCUT2D eigenvalue weighted by Crippen LogP contribution is -2.38. The average molecular weight is 489 g/mol. The van der Waals surface area contributed by atoms with Crippen molar-refractivity contribution < 1.29 is 4.52 Å². The highest BCUT2D eigenvalue weighted by atomic mass is 127. The van der Waals surface area contributed by atoms with Crippen LogP contribution in [-0.2, 0) is 19.5 Å². The Morgan fingerprint density at radius 3 is 2.67 bits per heavy atom. The summed E-state index contributed by atoms with van der Waals surface area (Å²) in [6.45, 7) is 11.3. The van der Waals surface area contributed by atoms with Crippen molar-refractivity contribution in [3.05, 3.63) is 29.7 Å². The minimum atomic E-state index is 0. The van der Waals surface area contributed by atoms with Gasteiger partial charge in [-0.15, -0.1) is 34.2 Å². The highest BCUT2D eigenvalue weighted by Crippen LogP contribution is 2.22. The van der Waals surface area contributed by atoms with Gasteiger partial charge in [-0.25, -0.2) is 4.99 Å². The Hall–Kier alpha value is -1.65. The van der Waals surface area contributed by atoms with Gasteiger partial charge in [0.05, 0.1) is 5.69 Å². The number of nitrogens with zero attached hydrogens (tertiary/aromatic N) is 5. The first-order valence-corrected chi connectivity index (χ1v) is 9.56. The fourth-order valence-electron chi connectivity index (χ4n) is 2.84. The van der Waals surface area contributed by atoms with Gasteiger partial charge in [0.25, 0.3) is 0 Å². The second-order valence-corrected chi connectivity index (χ2v) is 6.15. The first kappa shape index (κ1) is 23.4. The minimum absolute atomic E-state index is 0. The molecule has 0 aliphatic carbocycles. The minimum Gasteiger partial charge on any atom is -0.359 e. The van der Waals surface area contributed by atoms with Crippen LogP contribution in [0.4, 0.5) is 0 Å². The molecule has 0 amide bonds. The number of aryl methyl sites for hydroxylation is 1. The van der Waals surface area contributed by atoms with E-state index in [0.717, 1.165) is 62.1 Å². The molecule has 0 fully saturated rings. The molecule has 0 spiro atoms. The average Bonchev–Trinajstić information content (AvgIpc) is 3.30. The summed E-state index contributed by atoms with van der Waals surface area (Å²) < 4.78 is 7.49. The van der Waals surface area contributed by atoms with E-state index >= 15 is 0 Å². The molecule has 0 saturated heterocycles. The molecule has 0 radical (unpaired) electrons. The molecule has 0 aliphatic heterocycles. The van der Waals surface area contributed by atoms with Crippen LogP contribution in [0.5, 0.6) is 0 Å². The fourth-order valence-corrected chi connectivity index (χ4v) is 2.84. The Morgan fingerprint density at radius 1 is 1.22 bits per heavy atom. The zero-order valence-corrected chi connectivity index (χ0v) is 19.1. The lowest BCUT2D eigenvalue weighted by Gasteiger charge is -2.11. The quantitative estimate of drug-likeness (QED) is 0.303. The van der Waals surface area contributed by atoms with Gasteiger partial charge in [-0.05, 0) is 19.8 Å². The van der Waals surface area contributed by atoms with E-state index in [0.29, 0.717) is 12.5 Å². The lowest BCUT2D eigenvalue weighted by molar-refractivity contribution is 0.372. The lowest BCUT2D eigenvalue weighted by atomic mass is 9.99. The number of halogens is 1. The van der Waals surface area contributed by atoms with Crippen molar-refractivity contribution in [3.8, 4) is 0 Å². The van der Waals surface area contributed by atoms with Gasteiger partial charge in [0.1, 0.15) is 18.7 Å². The highest BCUT2D eigenvalue weighted by molar-refractivity contribution is 14.0. The zero-order chi connectivity index (χ0) is 18.8. The van der Waals surface area contributed by atoms with Crippen molar-refractivity contribution in [1.29, 1.82) is 0 Å². The molecule has 0 aliphatic rings. The molecule has 152 valence electrons. The maximum atomic E-state index is 5.44. The van der Waals surface area contributed by atoms with Gasteiger partial charge in [-0.1, -0.05) is 25.9 Å². The van der Waals surface area contributed by atoms with E-state index < -0.39 is 0 Å². The molecule has 0 aromatic carbocycles. The standard InChI is InChI=1S/C18H31N7O.HI/c1-5-14(6-2)16-11-15(26-24-16)12-21-18(19-8-4)20-9-10-25-13-22-23-17(25)7-3;/h11,13-14H,5-10,12H2,1-4H3,(H2,19,20,21);1H. The molecule has 0 atom stereocenters. The summed E-state index contributed by atoms with van der Waals surface area (Å²) in [5.74, 6) is 3.00. The van der Waals surface area contributed by atoms with Crippen molar-refractivity contribution in [3.63, 3.8) is 0 Å². The van der Waals surface area contributed by atoms with Gasteiger partial charge in [0, 0.05) is 38.0 Å². The van der Waals surface area contributed by atoms with E-state index in [1.54, 1.807) is 6.33 Å². The van der Waals surface area contributed by atoms with Crippen LogP contribution < -0.4 is 10.6 Å². The molecule has 2 aromatic rings. The maximum Gasteiger partial charge on any atom is 0.191 e. The Bertz CT molecular complexity index is 679. The fraction of sp³-hybridized carbons (Fsp3) is 0.667. The number of guanidine groups is 1. The molecular weight excluding hydrogens is 457 g/mol. The summed E-state index contributed by atoms with van der Waals surface area (Å²) in [4.78, 5) is 4.59. The van der Waals surface area contributed by atoms with E-state index in [-0.39, 0.29) is 24.0 Å². The summed E-state index contributed by atoms with van der Waals surface area (Å²) in [5, 5.41) is 18.8.